The molecule has 0 atom stereocenters. The van der Waals surface area contributed by atoms with Crippen molar-refractivity contribution in [3.63, 3.8) is 0 Å². The largest absolute Gasteiger partial charge is 0.489 e. The van der Waals surface area contributed by atoms with Crippen LogP contribution in [-0.4, -0.2) is 24.2 Å². The number of nitrogens with one attached hydrogen (secondary N) is 2. The average Bonchev–Trinajstić information content (AvgIpc) is 3.55. The van der Waals surface area contributed by atoms with Crippen molar-refractivity contribution >= 4 is 24.2 Å². The first-order valence-electron chi connectivity index (χ1n) is 13.4. The molecule has 0 aliphatic carbocycles. The third-order valence-electron chi connectivity index (χ3n) is 6.03. The number of benzene rings is 4. The fourth-order valence-electron chi connectivity index (χ4n) is 3.87. The summed E-state index contributed by atoms with van der Waals surface area (Å²) in [5, 5.41) is 7.96. The zero-order valence-corrected chi connectivity index (χ0v) is 23.1. The number of ether oxygens (including phenoxy) is 2. The summed E-state index contributed by atoms with van der Waals surface area (Å²) in [6, 6.07) is 37.1. The van der Waals surface area contributed by atoms with Gasteiger partial charge in [0.05, 0.1) is 12.4 Å². The maximum atomic E-state index is 12.5. The number of nitrogens with zero attached hydrogens (tertiary/aromatic N) is 2. The molecule has 1 aromatic heterocycles. The van der Waals surface area contributed by atoms with Crippen LogP contribution in [0.1, 0.15) is 43.4 Å². The van der Waals surface area contributed by atoms with E-state index in [1.807, 2.05) is 109 Å². The van der Waals surface area contributed by atoms with E-state index < -0.39 is 11.8 Å². The van der Waals surface area contributed by atoms with Crippen LogP contribution in [0.25, 0.3) is 0 Å². The van der Waals surface area contributed by atoms with Crippen LogP contribution in [0.2, 0.25) is 0 Å². The minimum atomic E-state index is -0.609. The molecule has 0 bridgehead atoms. The molecule has 1 heterocycles. The first kappa shape index (κ1) is 28.6. The number of carbonyl (C=O) groups excluding carboxylic acids is 2. The monoisotopic (exact) mass is 572 g/mol. The molecule has 5 rings (SSSR count). The molecule has 0 aliphatic rings. The average molecular weight is 573 g/mol. The molecule has 9 heteroatoms. The predicted octanol–water partition coefficient (Wildman–Crippen LogP) is 5.97. The normalized spacial score (nSPS) is 11.0. The van der Waals surface area contributed by atoms with Gasteiger partial charge in [0.15, 0.2) is 11.5 Å². The highest BCUT2D eigenvalue weighted by molar-refractivity contribution is 5.96. The van der Waals surface area contributed by atoms with Crippen LogP contribution >= 0.6 is 0 Å². The van der Waals surface area contributed by atoms with Gasteiger partial charge in [0.25, 0.3) is 0 Å². The van der Waals surface area contributed by atoms with Crippen LogP contribution in [0, 0.1) is 0 Å². The van der Waals surface area contributed by atoms with Crippen LogP contribution in [0.5, 0.6) is 11.5 Å². The number of hydrogen-bond donors (Lipinski definition) is 2. The van der Waals surface area contributed by atoms with Gasteiger partial charge in [-0.3, -0.25) is 9.59 Å². The lowest BCUT2D eigenvalue weighted by atomic mass is 10.2. The fourth-order valence-corrected chi connectivity index (χ4v) is 3.87. The van der Waals surface area contributed by atoms with E-state index in [0.717, 1.165) is 22.3 Å². The van der Waals surface area contributed by atoms with Crippen molar-refractivity contribution in [1.29, 1.82) is 0 Å². The van der Waals surface area contributed by atoms with E-state index in [9.17, 15) is 9.59 Å². The van der Waals surface area contributed by atoms with Crippen molar-refractivity contribution in [3.8, 4) is 11.5 Å². The van der Waals surface area contributed by atoms with Gasteiger partial charge in [0.1, 0.15) is 24.7 Å². The minimum absolute atomic E-state index is 0.0745. The summed E-state index contributed by atoms with van der Waals surface area (Å²) in [7, 11) is 0. The Balaban J connectivity index is 1.08. The summed E-state index contributed by atoms with van der Waals surface area (Å²) >= 11 is 0. The minimum Gasteiger partial charge on any atom is -0.489 e. The second-order valence-corrected chi connectivity index (χ2v) is 9.26. The molecule has 4 aromatic carbocycles. The molecule has 0 radical (unpaired) electrons. The molecular weight excluding hydrogens is 544 g/mol. The second kappa shape index (κ2) is 14.6. The molecular formula is C34H28N4O5. The second-order valence-electron chi connectivity index (χ2n) is 9.26. The highest BCUT2D eigenvalue weighted by Crippen LogP contribution is 2.16. The molecule has 0 saturated heterocycles. The third-order valence-corrected chi connectivity index (χ3v) is 6.03. The van der Waals surface area contributed by atoms with Gasteiger partial charge >= 0.3 is 11.8 Å². The van der Waals surface area contributed by atoms with Gasteiger partial charge in [-0.05, 0) is 58.7 Å². The lowest BCUT2D eigenvalue weighted by Crippen LogP contribution is -2.18. The van der Waals surface area contributed by atoms with E-state index in [1.54, 1.807) is 0 Å². The lowest BCUT2D eigenvalue weighted by molar-refractivity contribution is 0.0902. The van der Waals surface area contributed by atoms with Crippen molar-refractivity contribution < 1.29 is 23.5 Å². The molecule has 2 N–H and O–H groups in total. The quantitative estimate of drug-likeness (QED) is 0.141. The van der Waals surface area contributed by atoms with E-state index in [2.05, 4.69) is 21.1 Å². The highest BCUT2D eigenvalue weighted by atomic mass is 16.5. The Morgan fingerprint density at radius 2 is 1.02 bits per heavy atom. The molecule has 0 fully saturated rings. The molecule has 0 saturated carbocycles. The number of carbonyl (C=O) groups is 2. The van der Waals surface area contributed by atoms with Gasteiger partial charge in [0, 0.05) is 0 Å². The Labute approximate surface area is 248 Å². The van der Waals surface area contributed by atoms with Gasteiger partial charge in [-0.1, -0.05) is 84.9 Å². The molecule has 9 nitrogen and oxygen atoms in total. The Bertz CT molecular complexity index is 1590. The molecule has 2 amide bonds. The van der Waals surface area contributed by atoms with Gasteiger partial charge in [-0.2, -0.15) is 10.2 Å². The van der Waals surface area contributed by atoms with Gasteiger partial charge in [0.2, 0.25) is 0 Å². The smallest absolute Gasteiger partial charge is 0.307 e. The van der Waals surface area contributed by atoms with Gasteiger partial charge < -0.3 is 13.9 Å². The molecule has 43 heavy (non-hydrogen) atoms. The topological polar surface area (TPSA) is 115 Å². The third kappa shape index (κ3) is 8.76. The van der Waals surface area contributed by atoms with E-state index >= 15 is 0 Å². The molecule has 214 valence electrons. The van der Waals surface area contributed by atoms with Crippen LogP contribution in [0.3, 0.4) is 0 Å². The lowest BCUT2D eigenvalue weighted by Gasteiger charge is -2.06. The Hall–Kier alpha value is -5.96. The zero-order chi connectivity index (χ0) is 29.7. The number of furan rings is 1. The van der Waals surface area contributed by atoms with Crippen LogP contribution < -0.4 is 20.3 Å². The van der Waals surface area contributed by atoms with Crippen LogP contribution in [0.15, 0.2) is 136 Å². The van der Waals surface area contributed by atoms with Crippen LogP contribution in [-0.2, 0) is 13.2 Å². The molecule has 0 aliphatic heterocycles. The summed E-state index contributed by atoms with van der Waals surface area (Å²) in [5.41, 5.74) is 8.36. The Morgan fingerprint density at radius 3 is 1.47 bits per heavy atom. The summed E-state index contributed by atoms with van der Waals surface area (Å²) in [4.78, 5) is 24.9. The Morgan fingerprint density at radius 1 is 0.581 bits per heavy atom. The van der Waals surface area contributed by atoms with Crippen molar-refractivity contribution in [2.24, 2.45) is 10.2 Å². The maximum absolute atomic E-state index is 12.5. The van der Waals surface area contributed by atoms with Gasteiger partial charge in [-0.15, -0.1) is 0 Å². The van der Waals surface area contributed by atoms with Crippen molar-refractivity contribution in [1.82, 2.24) is 10.9 Å². The van der Waals surface area contributed by atoms with E-state index in [4.69, 9.17) is 13.9 Å². The van der Waals surface area contributed by atoms with Crippen molar-refractivity contribution in [2.75, 3.05) is 0 Å². The SMILES string of the molecule is O=C(NN=Cc1cccc(OCc2ccccc2)c1)c1ccc(C(=O)NN=Cc2cccc(OCc3ccccc3)c2)o1. The fraction of sp³-hybridized carbons (Fsp3) is 0.0588. The zero-order valence-electron chi connectivity index (χ0n) is 23.1. The number of hydrogen-bond acceptors (Lipinski definition) is 7. The maximum Gasteiger partial charge on any atom is 0.307 e. The highest BCUT2D eigenvalue weighted by Gasteiger charge is 2.15. The first-order chi connectivity index (χ1) is 21.1. The molecule has 5 aromatic rings. The molecule has 0 spiro atoms. The van der Waals surface area contributed by atoms with E-state index in [1.165, 1.54) is 24.6 Å². The van der Waals surface area contributed by atoms with Crippen molar-refractivity contribution in [2.45, 2.75) is 13.2 Å². The summed E-state index contributed by atoms with van der Waals surface area (Å²) < 4.78 is 17.0. The number of amides is 2. The summed E-state index contributed by atoms with van der Waals surface area (Å²) in [6.45, 7) is 0.879. The standard InChI is InChI=1S/C34H28N4O5/c39-33(37-35-21-27-13-7-15-29(19-27)41-23-25-9-3-1-4-10-25)31-17-18-32(43-31)34(40)38-36-22-28-14-8-16-30(20-28)42-24-26-11-5-2-6-12-26/h1-22H,23-24H2,(H,37,39)(H,38,40). The van der Waals surface area contributed by atoms with E-state index in [-0.39, 0.29) is 11.5 Å². The predicted molar refractivity (Wildman–Crippen MR) is 163 cm³/mol. The first-order valence-corrected chi connectivity index (χ1v) is 13.4. The van der Waals surface area contributed by atoms with Crippen LogP contribution in [0.4, 0.5) is 0 Å². The number of rotatable bonds is 12. The number of hydrazone groups is 2. The summed E-state index contributed by atoms with van der Waals surface area (Å²) in [6.07, 6.45) is 2.97. The van der Waals surface area contributed by atoms with E-state index in [0.29, 0.717) is 24.7 Å². The van der Waals surface area contributed by atoms with Gasteiger partial charge in [-0.25, -0.2) is 10.9 Å². The Kier molecular flexibility index (Phi) is 9.70. The summed E-state index contributed by atoms with van der Waals surface area (Å²) in [5.74, 6) is -0.0191. The molecule has 0 unspecified atom stereocenters. The van der Waals surface area contributed by atoms with Crippen molar-refractivity contribution in [3.05, 3.63) is 155 Å².